The molecule has 4 amide bonds. The molecule has 0 radical (unpaired) electrons. The summed E-state index contributed by atoms with van der Waals surface area (Å²) in [6.45, 7) is 3.15. The summed E-state index contributed by atoms with van der Waals surface area (Å²) in [7, 11) is 0. The fraction of sp³-hybridized carbons (Fsp3) is 0.360. The summed E-state index contributed by atoms with van der Waals surface area (Å²) in [5, 5.41) is 18.3. The Morgan fingerprint density at radius 1 is 1.08 bits per heavy atom. The van der Waals surface area contributed by atoms with Crippen molar-refractivity contribution in [2.45, 2.75) is 32.2 Å². The number of rotatable bonds is 7. The number of fused-ring (bicyclic) bond motifs is 1. The average molecular weight is 495 g/mol. The second-order valence-corrected chi connectivity index (χ2v) is 8.44. The average Bonchev–Trinajstić information content (AvgIpc) is 3.31. The predicted octanol–water partition coefficient (Wildman–Crippen LogP) is 2.90. The molecule has 0 spiro atoms. The molecule has 4 rings (SSSR count). The molecule has 0 bridgehead atoms. The number of anilines is 1. The number of pyridine rings is 1. The Kier molecular flexibility index (Phi) is 8.01. The number of aromatic nitrogens is 2. The van der Waals surface area contributed by atoms with E-state index in [0.29, 0.717) is 31.1 Å². The van der Waals surface area contributed by atoms with Crippen LogP contribution >= 0.6 is 0 Å². The van der Waals surface area contributed by atoms with Gasteiger partial charge < -0.3 is 25.4 Å². The number of amides is 4. The Labute approximate surface area is 208 Å². The summed E-state index contributed by atoms with van der Waals surface area (Å²) in [6, 6.07) is 8.47. The normalized spacial score (nSPS) is 14.2. The van der Waals surface area contributed by atoms with Crippen LogP contribution in [0.3, 0.4) is 0 Å². The summed E-state index contributed by atoms with van der Waals surface area (Å²) in [5.74, 6) is 0.903. The van der Waals surface area contributed by atoms with E-state index in [-0.39, 0.29) is 17.8 Å². The van der Waals surface area contributed by atoms with Crippen molar-refractivity contribution in [3.63, 3.8) is 0 Å². The standard InChI is InChI=1S/C25H30N6O5/c1-2-26-25(35)31-13-9-17-14-18(6-7-21(17)31)36-19-8-10-27-22(15-19)29-24(34)28-20(16-32)23(33)30-11-4-3-5-12-30/h6-10,13-15,20,32H,2-5,11-12,16H2,1H3,(H,26,35)(H2,27,28,29,34)/t20-/m0/s1. The lowest BCUT2D eigenvalue weighted by atomic mass is 10.1. The van der Waals surface area contributed by atoms with Gasteiger partial charge in [-0.25, -0.2) is 14.6 Å². The van der Waals surface area contributed by atoms with Gasteiger partial charge in [0.25, 0.3) is 0 Å². The lowest BCUT2D eigenvalue weighted by molar-refractivity contribution is -0.135. The summed E-state index contributed by atoms with van der Waals surface area (Å²) < 4.78 is 7.46. The molecule has 2 aromatic heterocycles. The van der Waals surface area contributed by atoms with E-state index in [9.17, 15) is 19.5 Å². The number of hydrogen-bond donors (Lipinski definition) is 4. The zero-order valence-electron chi connectivity index (χ0n) is 20.1. The molecule has 36 heavy (non-hydrogen) atoms. The second kappa shape index (κ2) is 11.5. The number of piperidine rings is 1. The number of likely N-dealkylation sites (tertiary alicyclic amines) is 1. The van der Waals surface area contributed by atoms with Crippen LogP contribution in [0.15, 0.2) is 48.8 Å². The van der Waals surface area contributed by atoms with Crippen molar-refractivity contribution in [1.82, 2.24) is 25.1 Å². The largest absolute Gasteiger partial charge is 0.457 e. The molecule has 190 valence electrons. The number of carbonyl (C=O) groups is 3. The van der Waals surface area contributed by atoms with Crippen molar-refractivity contribution in [2.75, 3.05) is 31.6 Å². The van der Waals surface area contributed by atoms with E-state index >= 15 is 0 Å². The molecule has 11 heteroatoms. The van der Waals surface area contributed by atoms with Gasteiger partial charge in [0.15, 0.2) is 0 Å². The number of nitrogens with zero attached hydrogens (tertiary/aromatic N) is 3. The number of benzene rings is 1. The van der Waals surface area contributed by atoms with Crippen molar-refractivity contribution in [1.29, 1.82) is 0 Å². The van der Waals surface area contributed by atoms with Gasteiger partial charge in [0.2, 0.25) is 5.91 Å². The Hall–Kier alpha value is -4.12. The van der Waals surface area contributed by atoms with Gasteiger partial charge in [0.1, 0.15) is 23.4 Å². The van der Waals surface area contributed by atoms with Gasteiger partial charge in [-0.05, 0) is 56.5 Å². The Balaban J connectivity index is 1.38. The number of ether oxygens (including phenoxy) is 1. The van der Waals surface area contributed by atoms with Gasteiger partial charge in [-0.15, -0.1) is 0 Å². The topological polar surface area (TPSA) is 138 Å². The van der Waals surface area contributed by atoms with Gasteiger partial charge in [-0.3, -0.25) is 14.7 Å². The van der Waals surface area contributed by atoms with Crippen LogP contribution in [0.2, 0.25) is 0 Å². The first kappa shape index (κ1) is 25.0. The van der Waals surface area contributed by atoms with Crippen molar-refractivity contribution in [2.24, 2.45) is 0 Å². The van der Waals surface area contributed by atoms with Crippen molar-refractivity contribution in [3.8, 4) is 11.5 Å². The third-order valence-corrected chi connectivity index (χ3v) is 5.87. The summed E-state index contributed by atoms with van der Waals surface area (Å²) in [4.78, 5) is 43.0. The molecular formula is C25H30N6O5. The highest BCUT2D eigenvalue weighted by Crippen LogP contribution is 2.27. The first-order valence-electron chi connectivity index (χ1n) is 12.0. The van der Waals surface area contributed by atoms with Crippen molar-refractivity contribution >= 4 is 34.7 Å². The summed E-state index contributed by atoms with van der Waals surface area (Å²) in [6.07, 6.45) is 6.08. The fourth-order valence-electron chi connectivity index (χ4n) is 4.11. The lowest BCUT2D eigenvalue weighted by Gasteiger charge is -2.30. The number of carbonyl (C=O) groups excluding carboxylic acids is 3. The quantitative estimate of drug-likeness (QED) is 0.399. The molecule has 1 aliphatic heterocycles. The van der Waals surface area contributed by atoms with Crippen molar-refractivity contribution < 1.29 is 24.2 Å². The van der Waals surface area contributed by atoms with Crippen molar-refractivity contribution in [3.05, 3.63) is 48.8 Å². The summed E-state index contributed by atoms with van der Waals surface area (Å²) >= 11 is 0. The molecule has 0 saturated carbocycles. The molecule has 1 aliphatic rings. The maximum atomic E-state index is 12.6. The number of aliphatic hydroxyl groups is 1. The summed E-state index contributed by atoms with van der Waals surface area (Å²) in [5.41, 5.74) is 0.750. The minimum atomic E-state index is -1.03. The number of aliphatic hydroxyl groups excluding tert-OH is 1. The van der Waals surface area contributed by atoms with Gasteiger partial charge in [0, 0.05) is 43.5 Å². The molecule has 0 unspecified atom stereocenters. The van der Waals surface area contributed by atoms with E-state index in [4.69, 9.17) is 4.74 Å². The van der Waals surface area contributed by atoms with E-state index < -0.39 is 18.7 Å². The lowest BCUT2D eigenvalue weighted by Crippen LogP contribution is -2.52. The van der Waals surface area contributed by atoms with E-state index in [1.54, 1.807) is 35.4 Å². The zero-order chi connectivity index (χ0) is 25.5. The molecule has 1 fully saturated rings. The third-order valence-electron chi connectivity index (χ3n) is 5.87. The molecule has 3 aromatic rings. The van der Waals surface area contributed by atoms with Crippen LogP contribution in [0, 0.1) is 0 Å². The molecule has 0 aliphatic carbocycles. The van der Waals surface area contributed by atoms with E-state index in [2.05, 4.69) is 20.9 Å². The van der Waals surface area contributed by atoms with Crippen LogP contribution in [0.1, 0.15) is 26.2 Å². The minimum Gasteiger partial charge on any atom is -0.457 e. The first-order valence-corrected chi connectivity index (χ1v) is 12.0. The Morgan fingerprint density at radius 3 is 2.61 bits per heavy atom. The fourth-order valence-corrected chi connectivity index (χ4v) is 4.11. The highest BCUT2D eigenvalue weighted by molar-refractivity contribution is 5.94. The Bertz CT molecular complexity index is 1240. The first-order chi connectivity index (χ1) is 17.5. The number of urea groups is 1. The molecule has 1 aromatic carbocycles. The van der Waals surface area contributed by atoms with Gasteiger partial charge in [-0.1, -0.05) is 0 Å². The predicted molar refractivity (Wildman–Crippen MR) is 134 cm³/mol. The maximum absolute atomic E-state index is 12.6. The van der Waals surface area contributed by atoms with Crippen LogP contribution in [-0.2, 0) is 4.79 Å². The van der Waals surface area contributed by atoms with Crippen LogP contribution in [0.5, 0.6) is 11.5 Å². The molecule has 3 heterocycles. The van der Waals surface area contributed by atoms with Gasteiger partial charge >= 0.3 is 12.1 Å². The zero-order valence-corrected chi connectivity index (χ0v) is 20.1. The SMILES string of the molecule is CCNC(=O)n1ccc2cc(Oc3ccnc(NC(=O)N[C@@H](CO)C(=O)N4CCCCC4)c3)ccc21. The number of hydrogen-bond acceptors (Lipinski definition) is 6. The monoisotopic (exact) mass is 494 g/mol. The van der Waals surface area contributed by atoms with E-state index in [0.717, 1.165) is 30.2 Å². The van der Waals surface area contributed by atoms with Crippen LogP contribution in [0.25, 0.3) is 10.9 Å². The maximum Gasteiger partial charge on any atom is 0.326 e. The van der Waals surface area contributed by atoms with Gasteiger partial charge in [-0.2, -0.15) is 0 Å². The smallest absolute Gasteiger partial charge is 0.326 e. The van der Waals surface area contributed by atoms with E-state index in [1.807, 2.05) is 19.1 Å². The number of nitrogens with one attached hydrogen (secondary N) is 3. The second-order valence-electron chi connectivity index (χ2n) is 8.44. The van der Waals surface area contributed by atoms with Crippen LogP contribution < -0.4 is 20.7 Å². The van der Waals surface area contributed by atoms with Crippen LogP contribution in [-0.4, -0.2) is 69.8 Å². The third kappa shape index (κ3) is 5.92. The molecule has 11 nitrogen and oxygen atoms in total. The van der Waals surface area contributed by atoms with Gasteiger partial charge in [0.05, 0.1) is 12.1 Å². The molecular weight excluding hydrogens is 464 g/mol. The molecule has 1 atom stereocenters. The molecule has 1 saturated heterocycles. The highest BCUT2D eigenvalue weighted by Gasteiger charge is 2.26. The minimum absolute atomic E-state index is 0.203. The Morgan fingerprint density at radius 2 is 1.86 bits per heavy atom. The van der Waals surface area contributed by atoms with Crippen LogP contribution in [0.4, 0.5) is 15.4 Å². The highest BCUT2D eigenvalue weighted by atomic mass is 16.5. The molecule has 4 N–H and O–H groups in total. The van der Waals surface area contributed by atoms with E-state index in [1.165, 1.54) is 10.8 Å².